The highest BCUT2D eigenvalue weighted by molar-refractivity contribution is 5.94. The number of hydrazone groups is 1. The first-order valence-electron chi connectivity index (χ1n) is 6.54. The van der Waals surface area contributed by atoms with Crippen LogP contribution in [0.5, 0.6) is 0 Å². The molecular formula is C16H15N3O3. The quantitative estimate of drug-likeness (QED) is 0.531. The maximum atomic E-state index is 11.8. The van der Waals surface area contributed by atoms with E-state index in [-0.39, 0.29) is 5.91 Å². The van der Waals surface area contributed by atoms with Crippen LogP contribution in [0.15, 0.2) is 47.7 Å². The molecule has 0 bridgehead atoms. The SMILES string of the molecule is COC(=O)c1ccc(C=NNC(=O)c2ccc(C)nc2)cc1. The van der Waals surface area contributed by atoms with E-state index in [9.17, 15) is 9.59 Å². The summed E-state index contributed by atoms with van der Waals surface area (Å²) < 4.78 is 4.61. The molecule has 1 amide bonds. The van der Waals surface area contributed by atoms with E-state index in [1.165, 1.54) is 19.5 Å². The van der Waals surface area contributed by atoms with Crippen molar-refractivity contribution in [3.63, 3.8) is 0 Å². The number of nitrogens with one attached hydrogen (secondary N) is 1. The van der Waals surface area contributed by atoms with Crippen LogP contribution in [-0.2, 0) is 4.74 Å². The van der Waals surface area contributed by atoms with Crippen LogP contribution >= 0.6 is 0 Å². The van der Waals surface area contributed by atoms with Gasteiger partial charge in [0.2, 0.25) is 0 Å². The van der Waals surface area contributed by atoms with Crippen molar-refractivity contribution in [2.45, 2.75) is 6.92 Å². The van der Waals surface area contributed by atoms with Gasteiger partial charge < -0.3 is 4.74 Å². The molecule has 6 nitrogen and oxygen atoms in total. The summed E-state index contributed by atoms with van der Waals surface area (Å²) in [7, 11) is 1.33. The minimum Gasteiger partial charge on any atom is -0.465 e. The van der Waals surface area contributed by atoms with Gasteiger partial charge in [0.15, 0.2) is 0 Å². The lowest BCUT2D eigenvalue weighted by Crippen LogP contribution is -2.17. The van der Waals surface area contributed by atoms with E-state index in [2.05, 4.69) is 20.2 Å². The molecule has 0 unspecified atom stereocenters. The van der Waals surface area contributed by atoms with E-state index in [0.29, 0.717) is 11.1 Å². The lowest BCUT2D eigenvalue weighted by atomic mass is 10.1. The number of aryl methyl sites for hydroxylation is 1. The second kappa shape index (κ2) is 7.12. The molecule has 0 saturated heterocycles. The Morgan fingerprint density at radius 2 is 1.82 bits per heavy atom. The number of methoxy groups -OCH3 is 1. The zero-order valence-electron chi connectivity index (χ0n) is 12.2. The van der Waals surface area contributed by atoms with Gasteiger partial charge in [-0.1, -0.05) is 12.1 Å². The first-order valence-corrected chi connectivity index (χ1v) is 6.54. The van der Waals surface area contributed by atoms with Crippen LogP contribution in [0.4, 0.5) is 0 Å². The van der Waals surface area contributed by atoms with E-state index >= 15 is 0 Å². The van der Waals surface area contributed by atoms with Crippen molar-refractivity contribution < 1.29 is 14.3 Å². The fraction of sp³-hybridized carbons (Fsp3) is 0.125. The monoisotopic (exact) mass is 297 g/mol. The minimum atomic E-state index is -0.399. The van der Waals surface area contributed by atoms with Crippen LogP contribution in [0.3, 0.4) is 0 Å². The van der Waals surface area contributed by atoms with Crippen molar-refractivity contribution in [2.75, 3.05) is 7.11 Å². The Morgan fingerprint density at radius 3 is 2.41 bits per heavy atom. The van der Waals surface area contributed by atoms with Crippen molar-refractivity contribution in [3.8, 4) is 0 Å². The summed E-state index contributed by atoms with van der Waals surface area (Å²) in [4.78, 5) is 27.1. The topological polar surface area (TPSA) is 80.6 Å². The molecule has 0 saturated carbocycles. The van der Waals surface area contributed by atoms with Gasteiger partial charge in [0.1, 0.15) is 0 Å². The summed E-state index contributed by atoms with van der Waals surface area (Å²) in [6, 6.07) is 10.1. The Bertz CT molecular complexity index is 692. The highest BCUT2D eigenvalue weighted by Crippen LogP contribution is 2.04. The number of carbonyl (C=O) groups is 2. The first kappa shape index (κ1) is 15.4. The number of hydrogen-bond acceptors (Lipinski definition) is 5. The van der Waals surface area contributed by atoms with E-state index in [0.717, 1.165) is 11.3 Å². The Hall–Kier alpha value is -3.02. The highest BCUT2D eigenvalue weighted by atomic mass is 16.5. The second-order valence-corrected chi connectivity index (χ2v) is 4.50. The molecule has 0 aliphatic rings. The fourth-order valence-electron chi connectivity index (χ4n) is 1.66. The van der Waals surface area contributed by atoms with Gasteiger partial charge in [-0.15, -0.1) is 0 Å². The van der Waals surface area contributed by atoms with Crippen molar-refractivity contribution in [2.24, 2.45) is 5.10 Å². The molecule has 1 aromatic heterocycles. The third-order valence-electron chi connectivity index (χ3n) is 2.89. The number of nitrogens with zero attached hydrogens (tertiary/aromatic N) is 2. The average molecular weight is 297 g/mol. The summed E-state index contributed by atoms with van der Waals surface area (Å²) >= 11 is 0. The number of ether oxygens (including phenoxy) is 1. The van der Waals surface area contributed by atoms with Gasteiger partial charge in [-0.2, -0.15) is 5.10 Å². The van der Waals surface area contributed by atoms with Crippen LogP contribution in [0.1, 0.15) is 32.0 Å². The summed E-state index contributed by atoms with van der Waals surface area (Å²) in [6.45, 7) is 1.85. The van der Waals surface area contributed by atoms with Crippen molar-refractivity contribution in [1.82, 2.24) is 10.4 Å². The maximum Gasteiger partial charge on any atom is 0.337 e. The number of amides is 1. The Kier molecular flexibility index (Phi) is 4.98. The summed E-state index contributed by atoms with van der Waals surface area (Å²) in [5.74, 6) is -0.737. The molecule has 0 fully saturated rings. The number of esters is 1. The highest BCUT2D eigenvalue weighted by Gasteiger charge is 2.05. The molecule has 22 heavy (non-hydrogen) atoms. The molecule has 2 aromatic rings. The molecule has 1 heterocycles. The van der Waals surface area contributed by atoms with Crippen LogP contribution in [0, 0.1) is 6.92 Å². The molecule has 0 atom stereocenters. The molecule has 6 heteroatoms. The van der Waals surface area contributed by atoms with Gasteiger partial charge in [-0.3, -0.25) is 9.78 Å². The van der Waals surface area contributed by atoms with Gasteiger partial charge in [-0.05, 0) is 36.8 Å². The average Bonchev–Trinajstić information content (AvgIpc) is 2.55. The van der Waals surface area contributed by atoms with Crippen LogP contribution in [-0.4, -0.2) is 30.2 Å². The third-order valence-corrected chi connectivity index (χ3v) is 2.89. The largest absolute Gasteiger partial charge is 0.465 e. The van der Waals surface area contributed by atoms with E-state index < -0.39 is 5.97 Å². The van der Waals surface area contributed by atoms with Crippen molar-refractivity contribution >= 4 is 18.1 Å². The van der Waals surface area contributed by atoms with Crippen LogP contribution < -0.4 is 5.43 Å². The van der Waals surface area contributed by atoms with Gasteiger partial charge in [0, 0.05) is 11.9 Å². The standard InChI is InChI=1S/C16H15N3O3/c1-11-3-6-14(10-17-11)15(20)19-18-9-12-4-7-13(8-5-12)16(21)22-2/h3-10H,1-2H3,(H,19,20). The van der Waals surface area contributed by atoms with Crippen LogP contribution in [0.2, 0.25) is 0 Å². The lowest BCUT2D eigenvalue weighted by Gasteiger charge is -2.00. The number of carbonyl (C=O) groups excluding carboxylic acids is 2. The number of aromatic nitrogens is 1. The molecule has 0 aliphatic carbocycles. The second-order valence-electron chi connectivity index (χ2n) is 4.50. The van der Waals surface area contributed by atoms with E-state index in [1.807, 2.05) is 6.92 Å². The molecular weight excluding hydrogens is 282 g/mol. The van der Waals surface area contributed by atoms with Gasteiger partial charge in [0.25, 0.3) is 5.91 Å². The van der Waals surface area contributed by atoms with Crippen LogP contribution in [0.25, 0.3) is 0 Å². The van der Waals surface area contributed by atoms with Gasteiger partial charge >= 0.3 is 5.97 Å². The summed E-state index contributed by atoms with van der Waals surface area (Å²) in [5.41, 5.74) is 4.89. The third kappa shape index (κ3) is 3.99. The van der Waals surface area contributed by atoms with Crippen molar-refractivity contribution in [1.29, 1.82) is 0 Å². The molecule has 0 radical (unpaired) electrons. The summed E-state index contributed by atoms with van der Waals surface area (Å²) in [6.07, 6.45) is 2.98. The maximum absolute atomic E-state index is 11.8. The molecule has 112 valence electrons. The summed E-state index contributed by atoms with van der Waals surface area (Å²) in [5, 5.41) is 3.87. The molecule has 2 rings (SSSR count). The first-order chi connectivity index (χ1) is 10.6. The van der Waals surface area contributed by atoms with Gasteiger partial charge in [0.05, 0.1) is 24.5 Å². The smallest absolute Gasteiger partial charge is 0.337 e. The molecule has 0 aliphatic heterocycles. The minimum absolute atomic E-state index is 0.338. The predicted molar refractivity (Wildman–Crippen MR) is 81.8 cm³/mol. The predicted octanol–water partition coefficient (Wildman–Crippen LogP) is 1.94. The lowest BCUT2D eigenvalue weighted by molar-refractivity contribution is 0.0600. The van der Waals surface area contributed by atoms with E-state index in [4.69, 9.17) is 0 Å². The van der Waals surface area contributed by atoms with Gasteiger partial charge in [-0.25, -0.2) is 10.2 Å². The van der Waals surface area contributed by atoms with Crippen molar-refractivity contribution in [3.05, 3.63) is 65.0 Å². The molecule has 1 aromatic carbocycles. The fourth-order valence-corrected chi connectivity index (χ4v) is 1.66. The Morgan fingerprint density at radius 1 is 1.14 bits per heavy atom. The Labute approximate surface area is 127 Å². The molecule has 1 N–H and O–H groups in total. The zero-order chi connectivity index (χ0) is 15.9. The number of hydrogen-bond donors (Lipinski definition) is 1. The normalized spacial score (nSPS) is 10.5. The number of rotatable bonds is 4. The molecule has 0 spiro atoms. The number of benzene rings is 1. The Balaban J connectivity index is 1.96. The zero-order valence-corrected chi connectivity index (χ0v) is 12.2. The number of pyridine rings is 1. The van der Waals surface area contributed by atoms with E-state index in [1.54, 1.807) is 36.4 Å².